The molecule has 13 rings (SSSR count). The summed E-state index contributed by atoms with van der Waals surface area (Å²) >= 11 is 0. The van der Waals surface area contributed by atoms with Gasteiger partial charge in [-0.1, -0.05) is 121 Å². The Morgan fingerprint density at radius 2 is 0.928 bits per heavy atom. The predicted molar refractivity (Wildman–Crippen MR) is 323 cm³/mol. The molecule has 83 heavy (non-hydrogen) atoms. The third kappa shape index (κ3) is 12.7. The number of piperidine rings is 3. The number of amides is 3. The molecule has 6 aliphatic heterocycles. The number of hydrogen-bond donors (Lipinski definition) is 3. The van der Waals surface area contributed by atoms with Gasteiger partial charge in [0.2, 0.25) is 5.91 Å². The van der Waals surface area contributed by atoms with Crippen molar-refractivity contribution >= 4 is 23.8 Å². The van der Waals surface area contributed by atoms with Crippen molar-refractivity contribution in [2.75, 3.05) is 59.1 Å². The molecule has 0 bridgehead atoms. The monoisotopic (exact) mass is 1110 g/mol. The summed E-state index contributed by atoms with van der Waals surface area (Å²) in [5.41, 5.74) is 27.8. The minimum absolute atomic E-state index is 0.00412. The maximum atomic E-state index is 13.0. The average molecular weight is 1110 g/mol. The van der Waals surface area contributed by atoms with Crippen LogP contribution < -0.4 is 31.4 Å². The first-order valence-corrected chi connectivity index (χ1v) is 29.3. The lowest BCUT2D eigenvalue weighted by molar-refractivity contribution is -0.128. The van der Waals surface area contributed by atoms with Gasteiger partial charge < -0.3 is 50.5 Å². The summed E-state index contributed by atoms with van der Waals surface area (Å²) in [5, 5.41) is 0. The van der Waals surface area contributed by atoms with Gasteiger partial charge in [0.1, 0.15) is 23.0 Å². The zero-order valence-corrected chi connectivity index (χ0v) is 47.2. The van der Waals surface area contributed by atoms with Gasteiger partial charge in [0.25, 0.3) is 11.8 Å². The molecule has 6 aliphatic rings. The van der Waals surface area contributed by atoms with Gasteiger partial charge in [-0.2, -0.15) is 0 Å². The highest BCUT2D eigenvalue weighted by Crippen LogP contribution is 2.48. The van der Waals surface area contributed by atoms with Crippen molar-refractivity contribution in [3.8, 4) is 29.1 Å². The van der Waals surface area contributed by atoms with Crippen LogP contribution >= 0.6 is 0 Å². The van der Waals surface area contributed by atoms with Crippen LogP contribution in [0.15, 0.2) is 168 Å². The lowest BCUT2D eigenvalue weighted by Crippen LogP contribution is -2.46. The quantitative estimate of drug-likeness (QED) is 0.0931. The van der Waals surface area contributed by atoms with Gasteiger partial charge in [-0.05, 0) is 121 Å². The maximum Gasteiger partial charge on any atom is 0.298 e. The molecule has 1 aromatic heterocycles. The van der Waals surface area contributed by atoms with Crippen LogP contribution in [-0.2, 0) is 58.3 Å². The Kier molecular flexibility index (Phi) is 17.3. The number of hydrogen-bond acceptors (Lipinski definition) is 10. The second-order valence-electron chi connectivity index (χ2n) is 22.8. The number of nitrogens with zero attached hydrogens (tertiary/aromatic N) is 3. The van der Waals surface area contributed by atoms with Crippen molar-refractivity contribution in [2.45, 2.75) is 87.2 Å². The standard InChI is InChI=1S/C26H28N2O3.C22H24N2O2.C22H22N2O2/c27-17-20-7-10-23-22(16-20)26(18-30-23)12-14-28(15-13-26)25(29)24-11-9-21(31-24)8-6-19-4-2-1-3-5-19;2*23-15-18-6-8-20-19(14-18)22(16-26-20)10-12-24(13-11-22)21(25)9-7-17-4-2-1-3-5-17/h1-5,7,9-11,16H,6,8,12-15,17-18,27H2;1-9,14H,10-13,15-16,23H2;1-6,8,14H,10-13,15-16,23H2/b;9-7+;. The Morgan fingerprint density at radius 3 is 1.41 bits per heavy atom. The first-order chi connectivity index (χ1) is 40.6. The van der Waals surface area contributed by atoms with E-state index in [0.29, 0.717) is 71.4 Å². The number of fused-ring (bicyclic) bond motifs is 6. The predicted octanol–water partition coefficient (Wildman–Crippen LogP) is 9.65. The van der Waals surface area contributed by atoms with E-state index in [-0.39, 0.29) is 34.0 Å². The molecule has 6 N–H and O–H groups in total. The van der Waals surface area contributed by atoms with Crippen LogP contribution in [-0.4, -0.2) is 91.5 Å². The lowest BCUT2D eigenvalue weighted by atomic mass is 9.74. The number of furan rings is 1. The molecule has 0 saturated carbocycles. The molecule has 3 amide bonds. The van der Waals surface area contributed by atoms with Gasteiger partial charge >= 0.3 is 0 Å². The summed E-state index contributed by atoms with van der Waals surface area (Å²) < 4.78 is 23.7. The fourth-order valence-corrected chi connectivity index (χ4v) is 12.5. The average Bonchev–Trinajstić information content (AvgIpc) is 3.91. The van der Waals surface area contributed by atoms with Gasteiger partial charge in [-0.25, -0.2) is 0 Å². The minimum atomic E-state index is -0.0986. The normalized spacial score (nSPS) is 17.4. The summed E-state index contributed by atoms with van der Waals surface area (Å²) in [7, 11) is 0. The molecule has 13 nitrogen and oxygen atoms in total. The van der Waals surface area contributed by atoms with E-state index in [9.17, 15) is 14.4 Å². The number of likely N-dealkylation sites (tertiary alicyclic amines) is 3. The zero-order chi connectivity index (χ0) is 57.2. The topological polar surface area (TPSA) is 180 Å². The van der Waals surface area contributed by atoms with Crippen molar-refractivity contribution < 1.29 is 33.0 Å². The number of nitrogens with two attached hydrogens (primary N) is 3. The fourth-order valence-electron chi connectivity index (χ4n) is 12.5. The van der Waals surface area contributed by atoms with Gasteiger partial charge in [-0.15, -0.1) is 0 Å². The summed E-state index contributed by atoms with van der Waals surface area (Å²) in [6.45, 7) is 8.01. The number of ether oxygens (including phenoxy) is 3. The Hall–Kier alpha value is -8.41. The van der Waals surface area contributed by atoms with Gasteiger partial charge in [0, 0.05) is 116 Å². The number of carbonyl (C=O) groups excluding carboxylic acids is 3. The van der Waals surface area contributed by atoms with Gasteiger partial charge in [0.05, 0.1) is 19.8 Å². The molecule has 0 radical (unpaired) electrons. The fraction of sp³-hybridized carbons (Fsp3) is 0.329. The number of carbonyl (C=O) groups is 3. The first kappa shape index (κ1) is 56.5. The molecule has 13 heteroatoms. The third-order valence-electron chi connectivity index (χ3n) is 17.8. The summed E-state index contributed by atoms with van der Waals surface area (Å²) in [4.78, 5) is 43.7. The molecule has 0 unspecified atom stereocenters. The van der Waals surface area contributed by atoms with Crippen LogP contribution in [0.3, 0.4) is 0 Å². The maximum absolute atomic E-state index is 13.0. The molecule has 7 aromatic rings. The Morgan fingerprint density at radius 1 is 0.482 bits per heavy atom. The molecular weight excluding hydrogens is 1040 g/mol. The molecule has 3 saturated heterocycles. The van der Waals surface area contributed by atoms with Gasteiger partial charge in [-0.3, -0.25) is 14.4 Å². The van der Waals surface area contributed by atoms with E-state index in [4.69, 9.17) is 35.8 Å². The Bertz CT molecular complexity index is 3490. The van der Waals surface area contributed by atoms with Crippen molar-refractivity contribution in [3.05, 3.63) is 225 Å². The number of benzene rings is 6. The van der Waals surface area contributed by atoms with Crippen molar-refractivity contribution in [1.82, 2.24) is 14.7 Å². The van der Waals surface area contributed by atoms with E-state index in [1.54, 1.807) is 6.08 Å². The highest BCUT2D eigenvalue weighted by molar-refractivity contribution is 5.94. The second kappa shape index (κ2) is 25.4. The summed E-state index contributed by atoms with van der Waals surface area (Å²) in [6.07, 6.45) is 10.7. The molecule has 3 fully saturated rings. The van der Waals surface area contributed by atoms with E-state index in [1.165, 1.54) is 22.3 Å². The molecular formula is C70H74N6O7. The van der Waals surface area contributed by atoms with Crippen LogP contribution in [0.1, 0.15) is 105 Å². The van der Waals surface area contributed by atoms with E-state index in [0.717, 1.165) is 115 Å². The highest BCUT2D eigenvalue weighted by atomic mass is 16.5. The first-order valence-electron chi connectivity index (χ1n) is 29.3. The van der Waals surface area contributed by atoms with Crippen LogP contribution in [0.5, 0.6) is 17.2 Å². The summed E-state index contributed by atoms with van der Waals surface area (Å²) in [6, 6.07) is 52.3. The smallest absolute Gasteiger partial charge is 0.298 e. The van der Waals surface area contributed by atoms with Crippen molar-refractivity contribution in [3.63, 3.8) is 0 Å². The Balaban J connectivity index is 0.000000131. The molecule has 7 heterocycles. The molecule has 0 atom stereocenters. The van der Waals surface area contributed by atoms with E-state index in [1.807, 2.05) is 148 Å². The lowest BCUT2D eigenvalue weighted by Gasteiger charge is -2.38. The Labute approximate surface area is 487 Å². The van der Waals surface area contributed by atoms with E-state index >= 15 is 0 Å². The van der Waals surface area contributed by atoms with E-state index < -0.39 is 0 Å². The van der Waals surface area contributed by atoms with Crippen LogP contribution in [0.25, 0.3) is 6.08 Å². The van der Waals surface area contributed by atoms with Gasteiger partial charge in [0.15, 0.2) is 5.76 Å². The zero-order valence-electron chi connectivity index (χ0n) is 47.2. The summed E-state index contributed by atoms with van der Waals surface area (Å²) in [5.74, 6) is 9.89. The SMILES string of the molecule is NCc1ccc2c(c1)C1(CCN(C(=O)/C=C/c3ccccc3)CC1)CO2.NCc1ccc2c(c1)C1(CCN(C(=O)C#Cc3ccccc3)CC1)CO2.NCc1ccc2c(c1)C1(CCN(C(=O)c3ccc(CCc4ccccc4)o3)CC1)CO2. The molecule has 3 spiro atoms. The molecule has 0 aliphatic carbocycles. The van der Waals surface area contributed by atoms with Crippen molar-refractivity contribution in [1.29, 1.82) is 0 Å². The number of rotatable bonds is 9. The van der Waals surface area contributed by atoms with Crippen molar-refractivity contribution in [2.24, 2.45) is 17.2 Å². The third-order valence-corrected chi connectivity index (χ3v) is 17.8. The van der Waals surface area contributed by atoms with E-state index in [2.05, 4.69) is 42.2 Å². The minimum Gasteiger partial charge on any atom is -0.492 e. The van der Waals surface area contributed by atoms with Crippen LogP contribution in [0.2, 0.25) is 0 Å². The number of aryl methyl sites for hydroxylation is 2. The van der Waals surface area contributed by atoms with Crippen LogP contribution in [0, 0.1) is 11.8 Å². The molecule has 6 aromatic carbocycles. The highest BCUT2D eigenvalue weighted by Gasteiger charge is 2.46. The van der Waals surface area contributed by atoms with Crippen LogP contribution in [0.4, 0.5) is 0 Å². The molecule has 426 valence electrons. The largest absolute Gasteiger partial charge is 0.492 e. The second-order valence-corrected chi connectivity index (χ2v) is 22.8.